The Morgan fingerprint density at radius 2 is 2.13 bits per heavy atom. The zero-order valence-corrected chi connectivity index (χ0v) is 9.30. The van der Waals surface area contributed by atoms with Crippen LogP contribution in [0.2, 0.25) is 5.02 Å². The Morgan fingerprint density at radius 3 is 2.73 bits per heavy atom. The number of benzene rings is 1. The molecule has 0 fully saturated rings. The van der Waals surface area contributed by atoms with Crippen molar-refractivity contribution in [1.82, 2.24) is 4.57 Å². The van der Waals surface area contributed by atoms with E-state index < -0.39 is 5.91 Å². The molecule has 4 heteroatoms. The number of nitrogens with zero attached hydrogens (tertiary/aromatic N) is 1. The minimum absolute atomic E-state index is 0.416. The molecule has 15 heavy (non-hydrogen) atoms. The van der Waals surface area contributed by atoms with Crippen molar-refractivity contribution in [3.63, 3.8) is 0 Å². The van der Waals surface area contributed by atoms with Crippen molar-refractivity contribution >= 4 is 28.4 Å². The Labute approximate surface area is 92.4 Å². The molecule has 1 aromatic carbocycles. The van der Waals surface area contributed by atoms with Gasteiger partial charge in [-0.2, -0.15) is 0 Å². The smallest absolute Gasteiger partial charge is 0.251 e. The van der Waals surface area contributed by atoms with Crippen molar-refractivity contribution in [3.05, 3.63) is 34.5 Å². The lowest BCUT2D eigenvalue weighted by Gasteiger charge is -1.97. The van der Waals surface area contributed by atoms with Crippen molar-refractivity contribution in [3.8, 4) is 0 Å². The van der Waals surface area contributed by atoms with Gasteiger partial charge in [0.25, 0.3) is 5.91 Å². The molecule has 0 aliphatic rings. The molecule has 0 spiro atoms. The fourth-order valence-electron chi connectivity index (χ4n) is 1.86. The number of nitrogens with two attached hydrogens (primary N) is 1. The molecule has 2 N–H and O–H groups in total. The van der Waals surface area contributed by atoms with Crippen LogP contribution >= 0.6 is 11.6 Å². The number of aryl methyl sites for hydroxylation is 1. The molecule has 1 aromatic heterocycles. The Morgan fingerprint density at radius 1 is 1.47 bits per heavy atom. The number of hydrogen-bond acceptors (Lipinski definition) is 1. The molecule has 0 radical (unpaired) electrons. The molecule has 0 bridgehead atoms. The van der Waals surface area contributed by atoms with Gasteiger partial charge < -0.3 is 10.3 Å². The third-order valence-electron chi connectivity index (χ3n) is 2.70. The lowest BCUT2D eigenvalue weighted by Crippen LogP contribution is -2.12. The summed E-state index contributed by atoms with van der Waals surface area (Å²) in [5.41, 5.74) is 7.72. The van der Waals surface area contributed by atoms with E-state index in [1.54, 1.807) is 12.1 Å². The summed E-state index contributed by atoms with van der Waals surface area (Å²) < 4.78 is 1.94. The number of rotatable bonds is 1. The zero-order valence-electron chi connectivity index (χ0n) is 8.54. The van der Waals surface area contributed by atoms with Gasteiger partial charge >= 0.3 is 0 Å². The molecule has 2 rings (SSSR count). The SMILES string of the molecule is Cc1c(C(N)=O)c2cc(Cl)ccc2n1C. The van der Waals surface area contributed by atoms with Gasteiger partial charge in [-0.05, 0) is 25.1 Å². The maximum Gasteiger partial charge on any atom is 0.251 e. The van der Waals surface area contributed by atoms with Crippen LogP contribution in [0.3, 0.4) is 0 Å². The summed E-state index contributed by atoms with van der Waals surface area (Å²) in [7, 11) is 1.90. The molecule has 0 aliphatic heterocycles. The average molecular weight is 223 g/mol. The number of carbonyl (C=O) groups excluding carboxylic acids is 1. The second-order valence-corrected chi connectivity index (χ2v) is 3.98. The van der Waals surface area contributed by atoms with Gasteiger partial charge in [-0.15, -0.1) is 0 Å². The third kappa shape index (κ3) is 1.39. The van der Waals surface area contributed by atoms with Gasteiger partial charge in [-0.1, -0.05) is 11.6 Å². The van der Waals surface area contributed by atoms with Gasteiger partial charge in [0, 0.05) is 28.7 Å². The van der Waals surface area contributed by atoms with E-state index in [4.69, 9.17) is 17.3 Å². The first-order valence-electron chi connectivity index (χ1n) is 4.56. The second kappa shape index (κ2) is 3.28. The van der Waals surface area contributed by atoms with Crippen LogP contribution in [-0.2, 0) is 7.05 Å². The molecule has 0 saturated carbocycles. The molecule has 0 aliphatic carbocycles. The van der Waals surface area contributed by atoms with Crippen molar-refractivity contribution in [1.29, 1.82) is 0 Å². The van der Waals surface area contributed by atoms with Crippen LogP contribution in [0.25, 0.3) is 10.9 Å². The van der Waals surface area contributed by atoms with Crippen LogP contribution in [-0.4, -0.2) is 10.5 Å². The zero-order chi connectivity index (χ0) is 11.2. The fraction of sp³-hybridized carbons (Fsp3) is 0.182. The molecule has 3 nitrogen and oxygen atoms in total. The van der Waals surface area contributed by atoms with Gasteiger partial charge in [-0.25, -0.2) is 0 Å². The number of carbonyl (C=O) groups is 1. The van der Waals surface area contributed by atoms with Gasteiger partial charge in [0.1, 0.15) is 0 Å². The van der Waals surface area contributed by atoms with E-state index in [9.17, 15) is 4.79 Å². The quantitative estimate of drug-likeness (QED) is 0.791. The third-order valence-corrected chi connectivity index (χ3v) is 2.94. The Bertz CT molecular complexity index is 557. The van der Waals surface area contributed by atoms with Gasteiger partial charge in [0.2, 0.25) is 0 Å². The summed E-state index contributed by atoms with van der Waals surface area (Å²) in [5, 5.41) is 1.42. The fourth-order valence-corrected chi connectivity index (χ4v) is 2.03. The van der Waals surface area contributed by atoms with E-state index in [1.807, 2.05) is 24.6 Å². The average Bonchev–Trinajstić information content (AvgIpc) is 2.39. The number of halogens is 1. The normalized spacial score (nSPS) is 10.9. The van der Waals surface area contributed by atoms with Crippen molar-refractivity contribution < 1.29 is 4.79 Å². The summed E-state index contributed by atoms with van der Waals surface area (Å²) in [4.78, 5) is 11.3. The van der Waals surface area contributed by atoms with E-state index in [2.05, 4.69) is 0 Å². The van der Waals surface area contributed by atoms with Crippen molar-refractivity contribution in [2.24, 2.45) is 12.8 Å². The highest BCUT2D eigenvalue weighted by atomic mass is 35.5. The summed E-state index contributed by atoms with van der Waals surface area (Å²) in [5.74, 6) is -0.416. The van der Waals surface area contributed by atoms with Crippen molar-refractivity contribution in [2.75, 3.05) is 0 Å². The molecule has 78 valence electrons. The van der Waals surface area contributed by atoms with E-state index >= 15 is 0 Å². The van der Waals surface area contributed by atoms with E-state index in [0.717, 1.165) is 16.6 Å². The summed E-state index contributed by atoms with van der Waals surface area (Å²) in [6, 6.07) is 5.45. The number of primary amides is 1. The van der Waals surface area contributed by atoms with Crippen LogP contribution in [0, 0.1) is 6.92 Å². The minimum atomic E-state index is -0.416. The number of aromatic nitrogens is 1. The predicted molar refractivity (Wildman–Crippen MR) is 61.2 cm³/mol. The van der Waals surface area contributed by atoms with Crippen molar-refractivity contribution in [2.45, 2.75) is 6.92 Å². The Kier molecular flexibility index (Phi) is 2.20. The van der Waals surface area contributed by atoms with Crippen LogP contribution in [0.15, 0.2) is 18.2 Å². The maximum atomic E-state index is 11.3. The van der Waals surface area contributed by atoms with Gasteiger partial charge in [0.15, 0.2) is 0 Å². The number of amides is 1. The standard InChI is InChI=1S/C11H11ClN2O/c1-6-10(11(13)15)8-5-7(12)3-4-9(8)14(6)2/h3-5H,1-2H3,(H2,13,15). The Hall–Kier alpha value is -1.48. The largest absolute Gasteiger partial charge is 0.366 e. The monoisotopic (exact) mass is 222 g/mol. The summed E-state index contributed by atoms with van der Waals surface area (Å²) in [6.07, 6.45) is 0. The molecule has 0 unspecified atom stereocenters. The first-order chi connectivity index (χ1) is 7.02. The highest BCUT2D eigenvalue weighted by Crippen LogP contribution is 2.27. The number of fused-ring (bicyclic) bond motifs is 1. The molecule has 0 atom stereocenters. The van der Waals surface area contributed by atoms with Crippen LogP contribution in [0.1, 0.15) is 16.1 Å². The summed E-state index contributed by atoms with van der Waals surface area (Å²) >= 11 is 5.90. The van der Waals surface area contributed by atoms with Crippen LogP contribution in [0.4, 0.5) is 0 Å². The van der Waals surface area contributed by atoms with E-state index in [-0.39, 0.29) is 0 Å². The highest BCUT2D eigenvalue weighted by Gasteiger charge is 2.15. The minimum Gasteiger partial charge on any atom is -0.366 e. The Balaban J connectivity index is 2.95. The molecule has 2 aromatic rings. The van der Waals surface area contributed by atoms with E-state index in [0.29, 0.717) is 10.6 Å². The first kappa shape index (κ1) is 10.1. The lowest BCUT2D eigenvalue weighted by molar-refractivity contribution is 0.100. The molecular weight excluding hydrogens is 212 g/mol. The second-order valence-electron chi connectivity index (χ2n) is 3.55. The predicted octanol–water partition coefficient (Wildman–Crippen LogP) is 2.24. The first-order valence-corrected chi connectivity index (χ1v) is 4.94. The topological polar surface area (TPSA) is 48.0 Å². The summed E-state index contributed by atoms with van der Waals surface area (Å²) in [6.45, 7) is 1.87. The highest BCUT2D eigenvalue weighted by molar-refractivity contribution is 6.31. The van der Waals surface area contributed by atoms with Gasteiger partial charge in [-0.3, -0.25) is 4.79 Å². The molecule has 1 heterocycles. The molecule has 1 amide bonds. The maximum absolute atomic E-state index is 11.3. The van der Waals surface area contributed by atoms with Crippen LogP contribution < -0.4 is 5.73 Å². The number of hydrogen-bond donors (Lipinski definition) is 1. The molecule has 0 saturated heterocycles. The van der Waals surface area contributed by atoms with E-state index in [1.165, 1.54) is 0 Å². The van der Waals surface area contributed by atoms with Gasteiger partial charge in [0.05, 0.1) is 5.56 Å². The molecular formula is C11H11ClN2O. The lowest BCUT2D eigenvalue weighted by atomic mass is 10.1. The van der Waals surface area contributed by atoms with Crippen LogP contribution in [0.5, 0.6) is 0 Å².